The number of aromatic amines is 1. The molecule has 1 amide bonds. The fourth-order valence-electron chi connectivity index (χ4n) is 2.88. The molecule has 0 radical (unpaired) electrons. The van der Waals surface area contributed by atoms with Gasteiger partial charge in [-0.3, -0.25) is 14.5 Å². The molecule has 26 heavy (non-hydrogen) atoms. The van der Waals surface area contributed by atoms with Gasteiger partial charge in [-0.2, -0.15) is 5.10 Å². The highest BCUT2D eigenvalue weighted by molar-refractivity contribution is 7.71. The number of H-pyrrole nitrogens is 1. The van der Waals surface area contributed by atoms with E-state index in [1.54, 1.807) is 16.2 Å². The molecule has 0 fully saturated rings. The maximum atomic E-state index is 12.6. The first-order chi connectivity index (χ1) is 12.5. The van der Waals surface area contributed by atoms with Crippen molar-refractivity contribution in [3.05, 3.63) is 57.2 Å². The number of carbonyl (C=O) groups excluding carboxylic acids is 1. The molecule has 3 rings (SSSR count). The van der Waals surface area contributed by atoms with Crippen molar-refractivity contribution in [2.45, 2.75) is 33.4 Å². The molecule has 136 valence electrons. The van der Waals surface area contributed by atoms with E-state index in [2.05, 4.69) is 42.2 Å². The lowest BCUT2D eigenvalue weighted by molar-refractivity contribution is -0.130. The summed E-state index contributed by atoms with van der Waals surface area (Å²) in [6.07, 6.45) is 0.383. The minimum absolute atomic E-state index is 0.0882. The minimum Gasteiger partial charge on any atom is -0.341 e. The van der Waals surface area contributed by atoms with Gasteiger partial charge in [-0.05, 0) is 48.6 Å². The molecular formula is C19H22N4OS2. The van der Waals surface area contributed by atoms with Crippen LogP contribution in [0.4, 0.5) is 0 Å². The molecule has 0 unspecified atom stereocenters. The number of rotatable bonds is 6. The molecule has 0 atom stereocenters. The number of hydrogen-bond donors (Lipinski definition) is 1. The first-order valence-electron chi connectivity index (χ1n) is 8.45. The Kier molecular flexibility index (Phi) is 5.68. The summed E-state index contributed by atoms with van der Waals surface area (Å²) >= 11 is 6.93. The van der Waals surface area contributed by atoms with Crippen LogP contribution in [-0.2, 0) is 17.9 Å². The average molecular weight is 387 g/mol. The molecule has 1 aromatic carbocycles. The molecule has 0 saturated carbocycles. The summed E-state index contributed by atoms with van der Waals surface area (Å²) in [7, 11) is 1.84. The molecule has 0 saturated heterocycles. The van der Waals surface area contributed by atoms with Gasteiger partial charge in [-0.15, -0.1) is 11.3 Å². The van der Waals surface area contributed by atoms with Crippen molar-refractivity contribution in [1.29, 1.82) is 0 Å². The lowest BCUT2D eigenvalue weighted by atomic mass is 10.1. The molecule has 0 spiro atoms. The Morgan fingerprint density at radius 1 is 1.35 bits per heavy atom. The van der Waals surface area contributed by atoms with Crippen LogP contribution in [0.1, 0.15) is 23.1 Å². The second-order valence-corrected chi connectivity index (χ2v) is 7.75. The van der Waals surface area contributed by atoms with E-state index >= 15 is 0 Å². The third-order valence-corrected chi connectivity index (χ3v) is 5.56. The van der Waals surface area contributed by atoms with Gasteiger partial charge in [0.25, 0.3) is 0 Å². The monoisotopic (exact) mass is 386 g/mol. The molecule has 2 heterocycles. The molecule has 3 aromatic rings. The fourth-order valence-corrected chi connectivity index (χ4v) is 3.83. The van der Waals surface area contributed by atoms with Crippen LogP contribution in [0, 0.1) is 18.6 Å². The van der Waals surface area contributed by atoms with E-state index in [0.29, 0.717) is 24.3 Å². The number of carbonyl (C=O) groups is 1. The number of aromatic nitrogens is 3. The van der Waals surface area contributed by atoms with E-state index in [4.69, 9.17) is 12.2 Å². The van der Waals surface area contributed by atoms with Crippen molar-refractivity contribution in [3.8, 4) is 10.7 Å². The average Bonchev–Trinajstić information content (AvgIpc) is 3.24. The van der Waals surface area contributed by atoms with E-state index in [-0.39, 0.29) is 5.91 Å². The first kappa shape index (κ1) is 18.5. The molecule has 0 bridgehead atoms. The van der Waals surface area contributed by atoms with E-state index in [1.165, 1.54) is 16.7 Å². The fraction of sp³-hybridized carbons (Fsp3) is 0.316. The highest BCUT2D eigenvalue weighted by Crippen LogP contribution is 2.23. The number of hydrogen-bond acceptors (Lipinski definition) is 4. The SMILES string of the molecule is Cc1ccc(CN(C)C(=O)CCn2c(-c3cccs3)n[nH]c2=S)c(C)c1. The molecule has 7 heteroatoms. The van der Waals surface area contributed by atoms with Gasteiger partial charge in [-0.1, -0.05) is 29.8 Å². The molecular weight excluding hydrogens is 364 g/mol. The van der Waals surface area contributed by atoms with Crippen molar-refractivity contribution in [3.63, 3.8) is 0 Å². The predicted molar refractivity (Wildman–Crippen MR) is 108 cm³/mol. The summed E-state index contributed by atoms with van der Waals surface area (Å²) in [5, 5.41) is 9.13. The van der Waals surface area contributed by atoms with Gasteiger partial charge in [0.1, 0.15) is 0 Å². The van der Waals surface area contributed by atoms with Gasteiger partial charge in [0.05, 0.1) is 4.88 Å². The zero-order valence-corrected chi connectivity index (χ0v) is 16.8. The van der Waals surface area contributed by atoms with Crippen LogP contribution in [0.5, 0.6) is 0 Å². The summed E-state index contributed by atoms with van der Waals surface area (Å²) in [6, 6.07) is 10.3. The van der Waals surface area contributed by atoms with E-state index in [1.807, 2.05) is 29.1 Å². The number of nitrogens with zero attached hydrogens (tertiary/aromatic N) is 3. The summed E-state index contributed by atoms with van der Waals surface area (Å²) in [5.41, 5.74) is 3.61. The first-order valence-corrected chi connectivity index (χ1v) is 9.73. The zero-order valence-electron chi connectivity index (χ0n) is 15.2. The second kappa shape index (κ2) is 7.97. The van der Waals surface area contributed by atoms with Crippen LogP contribution in [0.3, 0.4) is 0 Å². The van der Waals surface area contributed by atoms with Crippen LogP contribution < -0.4 is 0 Å². The Balaban J connectivity index is 1.66. The number of thiophene rings is 1. The Bertz CT molecular complexity index is 956. The van der Waals surface area contributed by atoms with Crippen LogP contribution in [0.25, 0.3) is 10.7 Å². The van der Waals surface area contributed by atoms with Crippen LogP contribution >= 0.6 is 23.6 Å². The lowest BCUT2D eigenvalue weighted by Crippen LogP contribution is -2.27. The molecule has 0 aliphatic rings. The Hall–Kier alpha value is -2.25. The molecule has 1 N–H and O–H groups in total. The number of nitrogens with one attached hydrogen (secondary N) is 1. The number of benzene rings is 1. The summed E-state index contributed by atoms with van der Waals surface area (Å²) < 4.78 is 2.43. The third-order valence-electron chi connectivity index (χ3n) is 4.38. The van der Waals surface area contributed by atoms with Gasteiger partial charge in [-0.25, -0.2) is 0 Å². The normalized spacial score (nSPS) is 10.9. The summed E-state index contributed by atoms with van der Waals surface area (Å²) in [4.78, 5) is 15.4. The van der Waals surface area contributed by atoms with Crippen LogP contribution in [0.15, 0.2) is 35.7 Å². The number of aryl methyl sites for hydroxylation is 2. The minimum atomic E-state index is 0.0882. The highest BCUT2D eigenvalue weighted by atomic mass is 32.1. The summed E-state index contributed by atoms with van der Waals surface area (Å²) in [6.45, 7) is 5.28. The molecule has 2 aromatic heterocycles. The largest absolute Gasteiger partial charge is 0.341 e. The zero-order chi connectivity index (χ0) is 18.7. The lowest BCUT2D eigenvalue weighted by Gasteiger charge is -2.19. The van der Waals surface area contributed by atoms with E-state index in [0.717, 1.165) is 10.7 Å². The topological polar surface area (TPSA) is 53.9 Å². The quantitative estimate of drug-likeness (QED) is 0.642. The standard InChI is InChI=1S/C19H22N4OS2/c1-13-6-7-15(14(2)11-13)12-22(3)17(24)8-9-23-18(20-21-19(23)25)16-5-4-10-26-16/h4-7,10-11H,8-9,12H2,1-3H3,(H,21,25). The molecule has 0 aliphatic carbocycles. The Morgan fingerprint density at radius 2 is 2.15 bits per heavy atom. The van der Waals surface area contributed by atoms with Gasteiger partial charge in [0.2, 0.25) is 5.91 Å². The van der Waals surface area contributed by atoms with E-state index < -0.39 is 0 Å². The molecule has 0 aliphatic heterocycles. The maximum Gasteiger partial charge on any atom is 0.224 e. The van der Waals surface area contributed by atoms with Crippen molar-refractivity contribution in [1.82, 2.24) is 19.7 Å². The third kappa shape index (κ3) is 4.11. The van der Waals surface area contributed by atoms with Crippen molar-refractivity contribution >= 4 is 29.5 Å². The highest BCUT2D eigenvalue weighted by Gasteiger charge is 2.14. The van der Waals surface area contributed by atoms with Gasteiger partial charge >= 0.3 is 0 Å². The van der Waals surface area contributed by atoms with Gasteiger partial charge in [0.15, 0.2) is 10.6 Å². The number of amides is 1. The van der Waals surface area contributed by atoms with Crippen molar-refractivity contribution in [2.75, 3.05) is 7.05 Å². The van der Waals surface area contributed by atoms with Gasteiger partial charge in [0, 0.05) is 26.6 Å². The van der Waals surface area contributed by atoms with Crippen LogP contribution in [-0.4, -0.2) is 32.6 Å². The van der Waals surface area contributed by atoms with E-state index in [9.17, 15) is 4.79 Å². The Labute approximate surface area is 162 Å². The van der Waals surface area contributed by atoms with Crippen molar-refractivity contribution < 1.29 is 4.79 Å². The van der Waals surface area contributed by atoms with Crippen molar-refractivity contribution in [2.24, 2.45) is 0 Å². The summed E-state index contributed by atoms with van der Waals surface area (Å²) in [5.74, 6) is 0.875. The van der Waals surface area contributed by atoms with Crippen LogP contribution in [0.2, 0.25) is 0 Å². The Morgan fingerprint density at radius 3 is 2.85 bits per heavy atom. The predicted octanol–water partition coefficient (Wildman–Crippen LogP) is 4.33. The smallest absolute Gasteiger partial charge is 0.224 e. The van der Waals surface area contributed by atoms with Gasteiger partial charge < -0.3 is 4.90 Å². The molecule has 5 nitrogen and oxygen atoms in total. The second-order valence-electron chi connectivity index (χ2n) is 6.41. The maximum absolute atomic E-state index is 12.6.